The maximum Gasteiger partial charge on any atom is 0.256 e. The molecule has 0 unspecified atom stereocenters. The molecule has 0 aliphatic carbocycles. The Morgan fingerprint density at radius 2 is 1.71 bits per heavy atom. The molecule has 0 saturated carbocycles. The van der Waals surface area contributed by atoms with Crippen molar-refractivity contribution in [2.75, 3.05) is 13.1 Å². The number of carbonyl (C=O) groups excluding carboxylic acids is 1. The van der Waals surface area contributed by atoms with E-state index in [1.165, 1.54) is 5.56 Å². The van der Waals surface area contributed by atoms with Crippen molar-refractivity contribution in [1.82, 2.24) is 9.88 Å². The summed E-state index contributed by atoms with van der Waals surface area (Å²) in [4.78, 5) is 18.1. The molecule has 2 heterocycles. The van der Waals surface area contributed by atoms with Crippen molar-refractivity contribution in [3.63, 3.8) is 0 Å². The number of benzene rings is 2. The van der Waals surface area contributed by atoms with Gasteiger partial charge in [0.15, 0.2) is 0 Å². The molecule has 0 spiro atoms. The molecule has 3 aromatic rings. The maximum absolute atomic E-state index is 12.8. The predicted octanol–water partition coefficient (Wildman–Crippen LogP) is 4.26. The Bertz CT molecular complexity index is 829. The number of likely N-dealkylation sites (tertiary alicyclic amines) is 1. The summed E-state index contributed by atoms with van der Waals surface area (Å²) in [6, 6.07) is 18.7. The quantitative estimate of drug-likeness (QED) is 0.769. The van der Waals surface area contributed by atoms with Gasteiger partial charge in [-0.2, -0.15) is 0 Å². The van der Waals surface area contributed by atoms with E-state index in [4.69, 9.17) is 0 Å². The van der Waals surface area contributed by atoms with Crippen molar-refractivity contribution in [3.8, 4) is 0 Å². The van der Waals surface area contributed by atoms with Crippen LogP contribution in [0.25, 0.3) is 10.9 Å². The molecule has 1 fully saturated rings. The van der Waals surface area contributed by atoms with Gasteiger partial charge in [0.25, 0.3) is 5.91 Å². The molecular weight excluding hydrogens is 296 g/mol. The lowest BCUT2D eigenvalue weighted by Gasteiger charge is -2.32. The number of aromatic nitrogens is 1. The van der Waals surface area contributed by atoms with Crippen LogP contribution in [0.4, 0.5) is 0 Å². The first-order valence-corrected chi connectivity index (χ1v) is 8.70. The van der Waals surface area contributed by atoms with Gasteiger partial charge in [-0.3, -0.25) is 4.79 Å². The lowest BCUT2D eigenvalue weighted by Crippen LogP contribution is -2.38. The van der Waals surface area contributed by atoms with E-state index in [0.717, 1.165) is 48.8 Å². The second kappa shape index (κ2) is 6.52. The van der Waals surface area contributed by atoms with Crippen LogP contribution in [0.1, 0.15) is 28.8 Å². The molecule has 0 atom stereocenters. The van der Waals surface area contributed by atoms with Gasteiger partial charge in [-0.05, 0) is 36.8 Å². The zero-order chi connectivity index (χ0) is 16.4. The third-order valence-corrected chi connectivity index (χ3v) is 5.09. The first-order valence-electron chi connectivity index (χ1n) is 8.70. The minimum Gasteiger partial charge on any atom is -0.360 e. The number of para-hydroxylation sites is 1. The van der Waals surface area contributed by atoms with Crippen molar-refractivity contribution >= 4 is 16.8 Å². The second-order valence-electron chi connectivity index (χ2n) is 6.67. The third-order valence-electron chi connectivity index (χ3n) is 5.09. The number of carbonyl (C=O) groups is 1. The number of aromatic amines is 1. The first-order chi connectivity index (χ1) is 11.8. The lowest BCUT2D eigenvalue weighted by atomic mass is 9.90. The third kappa shape index (κ3) is 2.94. The highest BCUT2D eigenvalue weighted by molar-refractivity contribution is 6.06. The van der Waals surface area contributed by atoms with E-state index < -0.39 is 0 Å². The monoisotopic (exact) mass is 318 g/mol. The van der Waals surface area contributed by atoms with Gasteiger partial charge in [0.2, 0.25) is 0 Å². The van der Waals surface area contributed by atoms with E-state index >= 15 is 0 Å². The highest BCUT2D eigenvalue weighted by Crippen LogP contribution is 2.25. The van der Waals surface area contributed by atoms with E-state index in [9.17, 15) is 4.79 Å². The maximum atomic E-state index is 12.8. The smallest absolute Gasteiger partial charge is 0.256 e. The minimum absolute atomic E-state index is 0.158. The average Bonchev–Trinajstić information content (AvgIpc) is 3.07. The van der Waals surface area contributed by atoms with Crippen LogP contribution < -0.4 is 0 Å². The summed E-state index contributed by atoms with van der Waals surface area (Å²) >= 11 is 0. The fraction of sp³-hybridized carbons (Fsp3) is 0.286. The normalized spacial score (nSPS) is 15.8. The van der Waals surface area contributed by atoms with Crippen LogP contribution in [-0.2, 0) is 6.42 Å². The molecule has 1 aliphatic heterocycles. The van der Waals surface area contributed by atoms with Gasteiger partial charge >= 0.3 is 0 Å². The Balaban J connectivity index is 1.41. The number of hydrogen-bond donors (Lipinski definition) is 1. The van der Waals surface area contributed by atoms with Gasteiger partial charge in [0, 0.05) is 30.2 Å². The van der Waals surface area contributed by atoms with E-state index in [2.05, 4.69) is 35.3 Å². The van der Waals surface area contributed by atoms with E-state index in [-0.39, 0.29) is 5.91 Å². The second-order valence-corrected chi connectivity index (χ2v) is 6.67. The fourth-order valence-electron chi connectivity index (χ4n) is 3.71. The van der Waals surface area contributed by atoms with Crippen molar-refractivity contribution in [3.05, 3.63) is 71.9 Å². The molecule has 1 amide bonds. The van der Waals surface area contributed by atoms with Crippen LogP contribution in [0.3, 0.4) is 0 Å². The molecule has 3 heteroatoms. The highest BCUT2D eigenvalue weighted by atomic mass is 16.2. The van der Waals surface area contributed by atoms with Gasteiger partial charge in [0.1, 0.15) is 0 Å². The van der Waals surface area contributed by atoms with Gasteiger partial charge in [-0.1, -0.05) is 48.5 Å². The van der Waals surface area contributed by atoms with Gasteiger partial charge in [-0.25, -0.2) is 0 Å². The molecule has 2 aromatic carbocycles. The zero-order valence-corrected chi connectivity index (χ0v) is 13.7. The summed E-state index contributed by atoms with van der Waals surface area (Å²) in [6.07, 6.45) is 5.14. The van der Waals surface area contributed by atoms with E-state index in [1.54, 1.807) is 0 Å². The van der Waals surface area contributed by atoms with Crippen molar-refractivity contribution in [2.24, 2.45) is 5.92 Å². The number of piperidine rings is 1. The Kier molecular flexibility index (Phi) is 4.08. The molecule has 1 aromatic heterocycles. The van der Waals surface area contributed by atoms with Crippen LogP contribution in [0.2, 0.25) is 0 Å². The summed E-state index contributed by atoms with van der Waals surface area (Å²) in [5.41, 5.74) is 3.23. The molecule has 1 saturated heterocycles. The van der Waals surface area contributed by atoms with Crippen molar-refractivity contribution in [2.45, 2.75) is 19.3 Å². The summed E-state index contributed by atoms with van der Waals surface area (Å²) in [5, 5.41) is 1.02. The first kappa shape index (κ1) is 15.0. The fourth-order valence-corrected chi connectivity index (χ4v) is 3.71. The number of H-pyrrole nitrogens is 1. The topological polar surface area (TPSA) is 36.1 Å². The Hall–Kier alpha value is -2.55. The number of nitrogens with one attached hydrogen (secondary N) is 1. The summed E-state index contributed by atoms with van der Waals surface area (Å²) in [5.74, 6) is 0.838. The van der Waals surface area contributed by atoms with Crippen molar-refractivity contribution in [1.29, 1.82) is 0 Å². The molecule has 4 rings (SSSR count). The van der Waals surface area contributed by atoms with Crippen LogP contribution in [0, 0.1) is 5.92 Å². The summed E-state index contributed by atoms with van der Waals surface area (Å²) in [6.45, 7) is 1.71. The van der Waals surface area contributed by atoms with E-state index in [1.807, 2.05) is 35.4 Å². The van der Waals surface area contributed by atoms with Crippen LogP contribution in [-0.4, -0.2) is 28.9 Å². The zero-order valence-electron chi connectivity index (χ0n) is 13.7. The van der Waals surface area contributed by atoms with Crippen LogP contribution >= 0.6 is 0 Å². The summed E-state index contributed by atoms with van der Waals surface area (Å²) < 4.78 is 0. The average molecular weight is 318 g/mol. The molecule has 0 radical (unpaired) electrons. The van der Waals surface area contributed by atoms with Gasteiger partial charge in [-0.15, -0.1) is 0 Å². The standard InChI is InChI=1S/C21H22N2O/c24-21(19-15-22-20-9-5-4-8-18(19)20)23-12-10-17(11-13-23)14-16-6-2-1-3-7-16/h1-9,15,17,22H,10-14H2. The molecule has 0 bridgehead atoms. The molecule has 1 N–H and O–H groups in total. The predicted molar refractivity (Wildman–Crippen MR) is 97.1 cm³/mol. The number of rotatable bonds is 3. The largest absolute Gasteiger partial charge is 0.360 e. The lowest BCUT2D eigenvalue weighted by molar-refractivity contribution is 0.0692. The SMILES string of the molecule is O=C(c1c[nH]c2ccccc12)N1CCC(Cc2ccccc2)CC1. The Morgan fingerprint density at radius 1 is 1.00 bits per heavy atom. The molecule has 122 valence electrons. The highest BCUT2D eigenvalue weighted by Gasteiger charge is 2.25. The molecular formula is C21H22N2O. The number of hydrogen-bond acceptors (Lipinski definition) is 1. The van der Waals surface area contributed by atoms with Gasteiger partial charge in [0.05, 0.1) is 5.56 Å². The van der Waals surface area contributed by atoms with Crippen LogP contribution in [0.5, 0.6) is 0 Å². The molecule has 3 nitrogen and oxygen atoms in total. The molecule has 24 heavy (non-hydrogen) atoms. The number of nitrogens with zero attached hydrogens (tertiary/aromatic N) is 1. The summed E-state index contributed by atoms with van der Waals surface area (Å²) in [7, 11) is 0. The van der Waals surface area contributed by atoms with Gasteiger partial charge < -0.3 is 9.88 Å². The van der Waals surface area contributed by atoms with E-state index in [0.29, 0.717) is 5.92 Å². The Labute approximate surface area is 142 Å². The number of amides is 1. The number of fused-ring (bicyclic) bond motifs is 1. The van der Waals surface area contributed by atoms with Crippen molar-refractivity contribution < 1.29 is 4.79 Å². The minimum atomic E-state index is 0.158. The Morgan fingerprint density at radius 3 is 2.50 bits per heavy atom. The molecule has 1 aliphatic rings. The van der Waals surface area contributed by atoms with Crippen LogP contribution in [0.15, 0.2) is 60.8 Å².